The molecule has 0 aliphatic carbocycles. The van der Waals surface area contributed by atoms with Crippen molar-refractivity contribution in [1.82, 2.24) is 5.32 Å². The second-order valence-electron chi connectivity index (χ2n) is 8.95. The monoisotopic (exact) mass is 491 g/mol. The van der Waals surface area contributed by atoms with E-state index in [1.165, 1.54) is 70.0 Å². The summed E-state index contributed by atoms with van der Waals surface area (Å²) in [7, 11) is 3.75. The molecule has 0 bridgehead atoms. The maximum absolute atomic E-state index is 11.9. The molecule has 32 heavy (non-hydrogen) atoms. The maximum Gasteiger partial charge on any atom is 0.220 e. The summed E-state index contributed by atoms with van der Waals surface area (Å²) in [6.07, 6.45) is 15.5. The minimum absolute atomic E-state index is 0.0112. The van der Waals surface area contributed by atoms with Gasteiger partial charge in [-0.1, -0.05) is 86.3 Å². The summed E-state index contributed by atoms with van der Waals surface area (Å²) in [5.74, 6) is 2.23. The van der Waals surface area contributed by atoms with E-state index < -0.39 is 0 Å². The number of rotatable bonds is 22. The maximum atomic E-state index is 11.9. The average molecular weight is 492 g/mol. The van der Waals surface area contributed by atoms with Crippen molar-refractivity contribution in [2.75, 3.05) is 37.9 Å². The molecule has 1 amide bonds. The molecular weight excluding hydrogens is 442 g/mol. The van der Waals surface area contributed by atoms with Gasteiger partial charge in [0.15, 0.2) is 0 Å². The molecule has 190 valence electrons. The van der Waals surface area contributed by atoms with Crippen LogP contribution < -0.4 is 5.32 Å². The third-order valence-electron chi connectivity index (χ3n) is 5.48. The van der Waals surface area contributed by atoms with Crippen LogP contribution in [0.15, 0.2) is 0 Å². The molecule has 7 heteroatoms. The molecule has 1 rings (SSSR count). The Kier molecular flexibility index (Phi) is 20.3. The normalized spacial score (nSPS) is 18.5. The second kappa shape index (κ2) is 21.6. The Balaban J connectivity index is 1.80. The SMILES string of the molecule is CCCCCCCCCCCCSSCCC(=O)NCCCOC1COCC1OC(C)C. The third-order valence-corrected chi connectivity index (χ3v) is 7.97. The molecule has 0 spiro atoms. The Bertz CT molecular complexity index is 440. The summed E-state index contributed by atoms with van der Waals surface area (Å²) in [5.41, 5.74) is 0. The smallest absolute Gasteiger partial charge is 0.220 e. The van der Waals surface area contributed by atoms with Gasteiger partial charge >= 0.3 is 0 Å². The highest BCUT2D eigenvalue weighted by molar-refractivity contribution is 8.76. The summed E-state index contributed by atoms with van der Waals surface area (Å²) < 4.78 is 17.1. The molecule has 0 radical (unpaired) electrons. The van der Waals surface area contributed by atoms with Crippen LogP contribution in [-0.4, -0.2) is 62.1 Å². The topological polar surface area (TPSA) is 56.8 Å². The molecule has 0 aromatic rings. The molecule has 0 aromatic heterocycles. The number of amides is 1. The zero-order valence-electron chi connectivity index (χ0n) is 20.9. The first-order chi connectivity index (χ1) is 15.6. The Hall–Kier alpha value is 0.0500. The second-order valence-corrected chi connectivity index (χ2v) is 11.7. The summed E-state index contributed by atoms with van der Waals surface area (Å²) in [4.78, 5) is 11.9. The highest BCUT2D eigenvalue weighted by Crippen LogP contribution is 2.24. The minimum Gasteiger partial charge on any atom is -0.376 e. The molecule has 1 saturated heterocycles. The van der Waals surface area contributed by atoms with Crippen LogP contribution in [0.4, 0.5) is 0 Å². The molecule has 2 atom stereocenters. The van der Waals surface area contributed by atoms with Gasteiger partial charge in [0.25, 0.3) is 0 Å². The lowest BCUT2D eigenvalue weighted by atomic mass is 10.1. The van der Waals surface area contributed by atoms with Gasteiger partial charge < -0.3 is 19.5 Å². The highest BCUT2D eigenvalue weighted by atomic mass is 33.1. The predicted molar refractivity (Wildman–Crippen MR) is 140 cm³/mol. The van der Waals surface area contributed by atoms with E-state index in [0.717, 1.165) is 12.2 Å². The van der Waals surface area contributed by atoms with Crippen LogP contribution in [0.5, 0.6) is 0 Å². The van der Waals surface area contributed by atoms with Gasteiger partial charge in [-0.2, -0.15) is 0 Å². The molecule has 0 aromatic carbocycles. The minimum atomic E-state index is 0.0112. The van der Waals surface area contributed by atoms with Crippen LogP contribution in [0.2, 0.25) is 0 Å². The van der Waals surface area contributed by atoms with Crippen molar-refractivity contribution in [2.45, 2.75) is 116 Å². The molecule has 1 N–H and O–H groups in total. The average Bonchev–Trinajstić information content (AvgIpc) is 3.19. The van der Waals surface area contributed by atoms with E-state index in [9.17, 15) is 4.79 Å². The fourth-order valence-electron chi connectivity index (χ4n) is 3.67. The molecule has 0 saturated carbocycles. The zero-order chi connectivity index (χ0) is 23.3. The van der Waals surface area contributed by atoms with Gasteiger partial charge in [-0.25, -0.2) is 0 Å². The van der Waals surface area contributed by atoms with Gasteiger partial charge in [0.1, 0.15) is 12.2 Å². The molecule has 1 aliphatic rings. The fourth-order valence-corrected chi connectivity index (χ4v) is 5.81. The van der Waals surface area contributed by atoms with Crippen molar-refractivity contribution in [1.29, 1.82) is 0 Å². The van der Waals surface area contributed by atoms with Gasteiger partial charge in [0.2, 0.25) is 5.91 Å². The van der Waals surface area contributed by atoms with E-state index in [1.54, 1.807) is 0 Å². The predicted octanol–water partition coefficient (Wildman–Crippen LogP) is 6.39. The van der Waals surface area contributed by atoms with Gasteiger partial charge in [-0.15, -0.1) is 0 Å². The largest absolute Gasteiger partial charge is 0.376 e. The molecule has 1 fully saturated rings. The number of carbonyl (C=O) groups excluding carboxylic acids is 1. The number of nitrogens with one attached hydrogen (secondary N) is 1. The van der Waals surface area contributed by atoms with Crippen molar-refractivity contribution >= 4 is 27.5 Å². The molecule has 1 heterocycles. The molecule has 2 unspecified atom stereocenters. The lowest BCUT2D eigenvalue weighted by molar-refractivity contribution is -0.120. The van der Waals surface area contributed by atoms with Crippen LogP contribution in [0.3, 0.4) is 0 Å². The van der Waals surface area contributed by atoms with Gasteiger partial charge in [0.05, 0.1) is 19.3 Å². The summed E-state index contributed by atoms with van der Waals surface area (Å²) in [5, 5.41) is 2.99. The number of ether oxygens (including phenoxy) is 3. The highest BCUT2D eigenvalue weighted by Gasteiger charge is 2.30. The summed E-state index contributed by atoms with van der Waals surface area (Å²) in [6, 6.07) is 0. The van der Waals surface area contributed by atoms with Crippen molar-refractivity contribution in [3.8, 4) is 0 Å². The number of unbranched alkanes of at least 4 members (excludes halogenated alkanes) is 9. The standard InChI is InChI=1S/C25H49NO4S2/c1-4-5-6-7-8-9-10-11-12-13-18-31-32-19-15-25(27)26-16-14-17-29-23-20-28-21-24(23)30-22(2)3/h22-24H,4-21H2,1-3H3,(H,26,27). The van der Waals surface area contributed by atoms with Crippen LogP contribution >= 0.6 is 21.6 Å². The van der Waals surface area contributed by atoms with Crippen molar-refractivity contribution in [3.63, 3.8) is 0 Å². The third kappa shape index (κ3) is 17.5. The Labute approximate surface area is 205 Å². The lowest BCUT2D eigenvalue weighted by Gasteiger charge is -2.21. The van der Waals surface area contributed by atoms with Gasteiger partial charge in [-0.3, -0.25) is 4.79 Å². The molecule has 5 nitrogen and oxygen atoms in total. The first kappa shape index (κ1) is 30.1. The lowest BCUT2D eigenvalue weighted by Crippen LogP contribution is -2.33. The van der Waals surface area contributed by atoms with E-state index in [4.69, 9.17) is 14.2 Å². The van der Waals surface area contributed by atoms with E-state index in [1.807, 2.05) is 35.4 Å². The Morgan fingerprint density at radius 2 is 1.53 bits per heavy atom. The summed E-state index contributed by atoms with van der Waals surface area (Å²) >= 11 is 0. The van der Waals surface area contributed by atoms with Crippen LogP contribution in [0.25, 0.3) is 0 Å². The Morgan fingerprint density at radius 1 is 0.906 bits per heavy atom. The van der Waals surface area contributed by atoms with Gasteiger partial charge in [-0.05, 0) is 26.7 Å². The van der Waals surface area contributed by atoms with Crippen LogP contribution in [0, 0.1) is 0 Å². The van der Waals surface area contributed by atoms with E-state index in [-0.39, 0.29) is 24.2 Å². The number of hydrogen-bond acceptors (Lipinski definition) is 6. The van der Waals surface area contributed by atoms with Gasteiger partial charge in [0, 0.05) is 31.1 Å². The van der Waals surface area contributed by atoms with Crippen molar-refractivity contribution in [2.24, 2.45) is 0 Å². The first-order valence-corrected chi connectivity index (χ1v) is 15.5. The number of hydrogen-bond donors (Lipinski definition) is 1. The summed E-state index contributed by atoms with van der Waals surface area (Å²) in [6.45, 7) is 8.82. The van der Waals surface area contributed by atoms with Crippen molar-refractivity contribution < 1.29 is 19.0 Å². The number of carbonyl (C=O) groups is 1. The van der Waals surface area contributed by atoms with Crippen LogP contribution in [-0.2, 0) is 19.0 Å². The fraction of sp³-hybridized carbons (Fsp3) is 0.960. The van der Waals surface area contributed by atoms with E-state index >= 15 is 0 Å². The zero-order valence-corrected chi connectivity index (χ0v) is 22.5. The van der Waals surface area contributed by atoms with E-state index in [0.29, 0.717) is 32.8 Å². The molecular formula is C25H49NO4S2. The van der Waals surface area contributed by atoms with E-state index in [2.05, 4.69) is 12.2 Å². The quantitative estimate of drug-likeness (QED) is 0.140. The Morgan fingerprint density at radius 3 is 2.22 bits per heavy atom. The van der Waals surface area contributed by atoms with Crippen molar-refractivity contribution in [3.05, 3.63) is 0 Å². The molecule has 1 aliphatic heterocycles. The van der Waals surface area contributed by atoms with Crippen LogP contribution in [0.1, 0.15) is 97.8 Å². The first-order valence-electron chi connectivity index (χ1n) is 13.0.